The van der Waals surface area contributed by atoms with Crippen molar-refractivity contribution < 1.29 is 8.42 Å². The van der Waals surface area contributed by atoms with E-state index in [9.17, 15) is 8.42 Å². The van der Waals surface area contributed by atoms with Crippen molar-refractivity contribution in [1.82, 2.24) is 9.62 Å². The maximum absolute atomic E-state index is 12.6. The van der Waals surface area contributed by atoms with Gasteiger partial charge in [0.2, 0.25) is 10.0 Å². The van der Waals surface area contributed by atoms with Crippen LogP contribution in [0, 0.1) is 0 Å². The zero-order valence-corrected chi connectivity index (χ0v) is 13.2. The maximum Gasteiger partial charge on any atom is 0.244 e. The number of thiophene rings is 1. The number of nitrogens with zero attached hydrogens (tertiary/aromatic N) is 1. The van der Waals surface area contributed by atoms with Crippen molar-refractivity contribution in [2.24, 2.45) is 0 Å². The van der Waals surface area contributed by atoms with Gasteiger partial charge in [-0.15, -0.1) is 11.3 Å². The minimum Gasteiger partial charge on any atom is -0.312 e. The molecule has 19 heavy (non-hydrogen) atoms. The third-order valence-corrected chi connectivity index (χ3v) is 6.60. The molecular weight excluding hydrogens is 280 g/mol. The van der Waals surface area contributed by atoms with Crippen LogP contribution >= 0.6 is 11.3 Å². The molecule has 1 aliphatic rings. The number of sulfonamides is 1. The van der Waals surface area contributed by atoms with Crippen molar-refractivity contribution in [3.8, 4) is 0 Å². The van der Waals surface area contributed by atoms with E-state index >= 15 is 0 Å². The molecule has 1 atom stereocenters. The fraction of sp³-hybridized carbons (Fsp3) is 0.692. The van der Waals surface area contributed by atoms with Crippen LogP contribution in [0.15, 0.2) is 16.3 Å². The van der Waals surface area contributed by atoms with Gasteiger partial charge in [0.1, 0.15) is 0 Å². The first-order valence-electron chi connectivity index (χ1n) is 6.89. The molecule has 2 rings (SSSR count). The molecule has 6 heteroatoms. The molecule has 0 saturated carbocycles. The molecule has 2 heterocycles. The minimum atomic E-state index is -3.29. The molecule has 1 N–H and O–H groups in total. The van der Waals surface area contributed by atoms with Crippen LogP contribution in [0.3, 0.4) is 0 Å². The Kier molecular flexibility index (Phi) is 5.00. The van der Waals surface area contributed by atoms with E-state index in [1.807, 2.05) is 13.0 Å². The highest BCUT2D eigenvalue weighted by atomic mass is 32.2. The summed E-state index contributed by atoms with van der Waals surface area (Å²) >= 11 is 1.52. The van der Waals surface area contributed by atoms with Crippen molar-refractivity contribution in [3.63, 3.8) is 0 Å². The topological polar surface area (TPSA) is 49.4 Å². The molecule has 0 bridgehead atoms. The van der Waals surface area contributed by atoms with E-state index in [1.165, 1.54) is 11.3 Å². The summed E-state index contributed by atoms with van der Waals surface area (Å²) in [6.45, 7) is 6.40. The van der Waals surface area contributed by atoms with Crippen molar-refractivity contribution >= 4 is 21.4 Å². The van der Waals surface area contributed by atoms with Crippen LogP contribution in [0.4, 0.5) is 0 Å². The van der Waals surface area contributed by atoms with E-state index in [0.717, 1.165) is 37.2 Å². The van der Waals surface area contributed by atoms with Gasteiger partial charge < -0.3 is 5.32 Å². The Morgan fingerprint density at radius 3 is 2.95 bits per heavy atom. The molecule has 0 amide bonds. The summed E-state index contributed by atoms with van der Waals surface area (Å²) in [5.41, 5.74) is 0. The second-order valence-electron chi connectivity index (χ2n) is 4.85. The van der Waals surface area contributed by atoms with Gasteiger partial charge in [-0.2, -0.15) is 4.31 Å². The SMILES string of the molecule is CCNCc1cc(S(=O)(=O)N2CCCC2CC)cs1. The quantitative estimate of drug-likeness (QED) is 0.878. The maximum atomic E-state index is 12.6. The molecule has 1 aromatic rings. The molecule has 1 saturated heterocycles. The first kappa shape index (κ1) is 15.0. The summed E-state index contributed by atoms with van der Waals surface area (Å²) in [7, 11) is -3.29. The van der Waals surface area contributed by atoms with Gasteiger partial charge in [-0.05, 0) is 31.9 Å². The molecule has 0 aromatic carbocycles. The van der Waals surface area contributed by atoms with Crippen molar-refractivity contribution in [1.29, 1.82) is 0 Å². The van der Waals surface area contributed by atoms with Crippen LogP contribution in [-0.4, -0.2) is 31.9 Å². The van der Waals surface area contributed by atoms with Gasteiger partial charge in [0.05, 0.1) is 4.90 Å². The van der Waals surface area contributed by atoms with E-state index in [0.29, 0.717) is 11.4 Å². The zero-order valence-electron chi connectivity index (χ0n) is 11.6. The summed E-state index contributed by atoms with van der Waals surface area (Å²) in [5.74, 6) is 0. The van der Waals surface area contributed by atoms with Crippen LogP contribution in [0.1, 0.15) is 38.0 Å². The third-order valence-electron chi connectivity index (χ3n) is 3.58. The number of nitrogens with one attached hydrogen (secondary N) is 1. The highest BCUT2D eigenvalue weighted by Gasteiger charge is 2.34. The summed E-state index contributed by atoms with van der Waals surface area (Å²) in [6, 6.07) is 2.00. The van der Waals surface area contributed by atoms with Crippen LogP contribution in [0.5, 0.6) is 0 Å². The van der Waals surface area contributed by atoms with Crippen LogP contribution in [0.2, 0.25) is 0 Å². The molecule has 0 radical (unpaired) electrons. The van der Waals surface area contributed by atoms with Gasteiger partial charge in [-0.1, -0.05) is 13.8 Å². The molecule has 1 aromatic heterocycles. The first-order valence-corrected chi connectivity index (χ1v) is 9.21. The average molecular weight is 302 g/mol. The Balaban J connectivity index is 2.17. The van der Waals surface area contributed by atoms with Crippen LogP contribution in [0.25, 0.3) is 0 Å². The lowest BCUT2D eigenvalue weighted by Crippen LogP contribution is -2.34. The van der Waals surface area contributed by atoms with Crippen molar-refractivity contribution in [3.05, 3.63) is 16.3 Å². The Bertz CT molecular complexity index is 510. The fourth-order valence-electron chi connectivity index (χ4n) is 2.51. The van der Waals surface area contributed by atoms with Crippen LogP contribution < -0.4 is 5.32 Å². The monoisotopic (exact) mass is 302 g/mol. The van der Waals surface area contributed by atoms with E-state index in [1.54, 1.807) is 9.69 Å². The van der Waals surface area contributed by atoms with Crippen molar-refractivity contribution in [2.75, 3.05) is 13.1 Å². The smallest absolute Gasteiger partial charge is 0.244 e. The molecule has 1 unspecified atom stereocenters. The van der Waals surface area contributed by atoms with E-state index in [-0.39, 0.29) is 6.04 Å². The summed E-state index contributed by atoms with van der Waals surface area (Å²) in [5, 5.41) is 4.99. The molecule has 0 spiro atoms. The Labute approximate surface area is 119 Å². The molecule has 0 aliphatic carbocycles. The first-order chi connectivity index (χ1) is 9.09. The second kappa shape index (κ2) is 6.35. The molecule has 108 valence electrons. The van der Waals surface area contributed by atoms with Gasteiger partial charge in [0.25, 0.3) is 0 Å². The van der Waals surface area contributed by atoms with Gasteiger partial charge in [0.15, 0.2) is 0 Å². The van der Waals surface area contributed by atoms with Gasteiger partial charge >= 0.3 is 0 Å². The zero-order chi connectivity index (χ0) is 13.9. The lowest BCUT2D eigenvalue weighted by molar-refractivity contribution is 0.380. The largest absolute Gasteiger partial charge is 0.312 e. The molecule has 4 nitrogen and oxygen atoms in total. The average Bonchev–Trinajstić information content (AvgIpc) is 3.05. The van der Waals surface area contributed by atoms with Gasteiger partial charge in [0, 0.05) is 29.4 Å². The minimum absolute atomic E-state index is 0.183. The number of hydrogen-bond acceptors (Lipinski definition) is 4. The number of rotatable bonds is 6. The normalized spacial score (nSPS) is 21.1. The second-order valence-corrected chi connectivity index (χ2v) is 7.74. The highest BCUT2D eigenvalue weighted by molar-refractivity contribution is 7.89. The third kappa shape index (κ3) is 3.18. The highest BCUT2D eigenvalue weighted by Crippen LogP contribution is 2.29. The van der Waals surface area contributed by atoms with Crippen molar-refractivity contribution in [2.45, 2.75) is 50.6 Å². The predicted octanol–water partition coefficient (Wildman–Crippen LogP) is 2.42. The van der Waals surface area contributed by atoms with Crippen LogP contribution in [-0.2, 0) is 16.6 Å². The molecule has 1 aliphatic heterocycles. The number of hydrogen-bond donors (Lipinski definition) is 1. The Morgan fingerprint density at radius 1 is 1.47 bits per heavy atom. The summed E-state index contributed by atoms with van der Waals surface area (Å²) < 4.78 is 26.9. The van der Waals surface area contributed by atoms with Gasteiger partial charge in [-0.25, -0.2) is 8.42 Å². The summed E-state index contributed by atoms with van der Waals surface area (Å²) in [4.78, 5) is 1.54. The van der Waals surface area contributed by atoms with E-state index in [4.69, 9.17) is 0 Å². The molecule has 1 fully saturated rings. The fourth-order valence-corrected chi connectivity index (χ4v) is 5.51. The van der Waals surface area contributed by atoms with E-state index < -0.39 is 10.0 Å². The molecular formula is C13H22N2O2S2. The Hall–Kier alpha value is -0.430. The predicted molar refractivity (Wildman–Crippen MR) is 78.9 cm³/mol. The lowest BCUT2D eigenvalue weighted by atomic mass is 10.2. The lowest BCUT2D eigenvalue weighted by Gasteiger charge is -2.22. The van der Waals surface area contributed by atoms with Gasteiger partial charge in [-0.3, -0.25) is 0 Å². The summed E-state index contributed by atoms with van der Waals surface area (Å²) in [6.07, 6.45) is 2.86. The standard InChI is InChI=1S/C13H22N2O2S2/c1-3-11-6-5-7-15(11)19(16,17)13-8-12(18-10-13)9-14-4-2/h8,10-11,14H,3-7,9H2,1-2H3. The Morgan fingerprint density at radius 2 is 2.26 bits per heavy atom. The van der Waals surface area contributed by atoms with E-state index in [2.05, 4.69) is 12.2 Å².